The minimum absolute atomic E-state index is 0.193. The average Bonchev–Trinajstić information content (AvgIpc) is 3.21. The van der Waals surface area contributed by atoms with Crippen LogP contribution in [0.4, 0.5) is 0 Å². The van der Waals surface area contributed by atoms with Crippen molar-refractivity contribution in [3.05, 3.63) is 48.3 Å². The lowest BCUT2D eigenvalue weighted by Crippen LogP contribution is -2.45. The number of rotatable bonds is 8. The number of nitrogens with zero attached hydrogens (tertiary/aromatic N) is 3. The summed E-state index contributed by atoms with van der Waals surface area (Å²) in [6.45, 7) is 4.54. The van der Waals surface area contributed by atoms with Gasteiger partial charge in [-0.05, 0) is 49.8 Å². The summed E-state index contributed by atoms with van der Waals surface area (Å²) in [6.07, 6.45) is 9.02. The predicted octanol–water partition coefficient (Wildman–Crippen LogP) is 3.26. The molecule has 6 heteroatoms. The van der Waals surface area contributed by atoms with E-state index in [0.717, 1.165) is 36.9 Å². The fourth-order valence-electron chi connectivity index (χ4n) is 4.00. The molecular weight excluding hydrogens is 350 g/mol. The molecule has 28 heavy (non-hydrogen) atoms. The van der Waals surface area contributed by atoms with Gasteiger partial charge in [-0.1, -0.05) is 37.5 Å². The molecule has 0 radical (unpaired) electrons. The summed E-state index contributed by atoms with van der Waals surface area (Å²) in [7, 11) is 0. The van der Waals surface area contributed by atoms with Gasteiger partial charge in [-0.25, -0.2) is 9.67 Å². The molecule has 1 heterocycles. The molecular formula is C22H33N5O. The van der Waals surface area contributed by atoms with Crippen LogP contribution in [0.15, 0.2) is 47.6 Å². The third-order valence-electron chi connectivity index (χ3n) is 5.60. The zero-order valence-electron chi connectivity index (χ0n) is 16.9. The first kappa shape index (κ1) is 20.4. The second kappa shape index (κ2) is 10.3. The van der Waals surface area contributed by atoms with E-state index in [2.05, 4.69) is 22.7 Å². The first-order valence-corrected chi connectivity index (χ1v) is 10.5. The van der Waals surface area contributed by atoms with Crippen molar-refractivity contribution in [2.75, 3.05) is 19.7 Å². The molecule has 3 rings (SSSR count). The van der Waals surface area contributed by atoms with Crippen LogP contribution in [0, 0.1) is 5.41 Å². The Hall–Kier alpha value is -2.34. The first-order chi connectivity index (χ1) is 13.7. The summed E-state index contributed by atoms with van der Waals surface area (Å²) < 4.78 is 1.88. The van der Waals surface area contributed by atoms with E-state index < -0.39 is 0 Å². The van der Waals surface area contributed by atoms with E-state index in [4.69, 9.17) is 4.99 Å². The molecule has 0 saturated heterocycles. The molecule has 2 aromatic rings. The van der Waals surface area contributed by atoms with Crippen molar-refractivity contribution in [1.82, 2.24) is 20.4 Å². The molecule has 1 aromatic heterocycles. The van der Waals surface area contributed by atoms with Crippen molar-refractivity contribution in [3.63, 3.8) is 0 Å². The lowest BCUT2D eigenvalue weighted by Gasteiger charge is -2.37. The summed E-state index contributed by atoms with van der Waals surface area (Å²) >= 11 is 0. The molecule has 0 atom stereocenters. The van der Waals surface area contributed by atoms with Crippen LogP contribution in [0.25, 0.3) is 5.69 Å². The van der Waals surface area contributed by atoms with Crippen LogP contribution in [-0.4, -0.2) is 40.5 Å². The van der Waals surface area contributed by atoms with Gasteiger partial charge in [0, 0.05) is 25.9 Å². The van der Waals surface area contributed by atoms with Crippen molar-refractivity contribution in [2.24, 2.45) is 10.4 Å². The molecule has 0 spiro atoms. The van der Waals surface area contributed by atoms with Crippen molar-refractivity contribution in [1.29, 1.82) is 0 Å². The molecule has 1 aromatic carbocycles. The molecule has 1 saturated carbocycles. The fraction of sp³-hybridized carbons (Fsp3) is 0.545. The normalized spacial score (nSPS) is 16.7. The number of aliphatic hydroxyl groups excluding tert-OH is 1. The maximum atomic E-state index is 9.52. The van der Waals surface area contributed by atoms with E-state index in [1.54, 1.807) is 0 Å². The van der Waals surface area contributed by atoms with Gasteiger partial charge in [-0.3, -0.25) is 0 Å². The summed E-state index contributed by atoms with van der Waals surface area (Å²) in [4.78, 5) is 4.72. The molecule has 3 N–H and O–H groups in total. The van der Waals surface area contributed by atoms with Crippen LogP contribution >= 0.6 is 0 Å². The fourth-order valence-corrected chi connectivity index (χ4v) is 4.00. The van der Waals surface area contributed by atoms with E-state index >= 15 is 0 Å². The van der Waals surface area contributed by atoms with Gasteiger partial charge < -0.3 is 15.7 Å². The molecule has 152 valence electrons. The van der Waals surface area contributed by atoms with Crippen LogP contribution in [0.3, 0.4) is 0 Å². The summed E-state index contributed by atoms with van der Waals surface area (Å²) in [5.74, 6) is 0.819. The monoisotopic (exact) mass is 383 g/mol. The largest absolute Gasteiger partial charge is 0.396 e. The number of benzene rings is 1. The SMILES string of the molecule is CCNC(=NCc1ccn(-c2ccccc2)n1)NCC1(CCO)CCCCC1. The highest BCUT2D eigenvalue weighted by molar-refractivity contribution is 5.79. The van der Waals surface area contributed by atoms with Crippen LogP contribution in [0.2, 0.25) is 0 Å². The Morgan fingerprint density at radius 3 is 2.64 bits per heavy atom. The number of guanidine groups is 1. The van der Waals surface area contributed by atoms with E-state index in [-0.39, 0.29) is 12.0 Å². The van der Waals surface area contributed by atoms with Crippen molar-refractivity contribution >= 4 is 5.96 Å². The Morgan fingerprint density at radius 2 is 1.93 bits per heavy atom. The maximum absolute atomic E-state index is 9.52. The number of aromatic nitrogens is 2. The van der Waals surface area contributed by atoms with Gasteiger partial charge in [-0.2, -0.15) is 5.10 Å². The second-order valence-electron chi connectivity index (χ2n) is 7.67. The Kier molecular flexibility index (Phi) is 7.48. The van der Waals surface area contributed by atoms with E-state index in [9.17, 15) is 5.11 Å². The number of nitrogens with one attached hydrogen (secondary N) is 2. The van der Waals surface area contributed by atoms with Gasteiger partial charge >= 0.3 is 0 Å². The Bertz CT molecular complexity index is 729. The maximum Gasteiger partial charge on any atom is 0.191 e. The zero-order chi connectivity index (χ0) is 19.7. The Balaban J connectivity index is 1.61. The number of para-hydroxylation sites is 1. The minimum Gasteiger partial charge on any atom is -0.396 e. The number of hydrogen-bond donors (Lipinski definition) is 3. The number of aliphatic hydroxyl groups is 1. The van der Waals surface area contributed by atoms with E-state index in [0.29, 0.717) is 6.54 Å². The number of aliphatic imine (C=N–C) groups is 1. The van der Waals surface area contributed by atoms with Crippen molar-refractivity contribution in [3.8, 4) is 5.69 Å². The van der Waals surface area contributed by atoms with E-state index in [1.807, 2.05) is 47.3 Å². The molecule has 0 aliphatic heterocycles. The van der Waals surface area contributed by atoms with Crippen molar-refractivity contribution in [2.45, 2.75) is 52.0 Å². The lowest BCUT2D eigenvalue weighted by molar-refractivity contribution is 0.131. The first-order valence-electron chi connectivity index (χ1n) is 10.5. The molecule has 1 aliphatic carbocycles. The van der Waals surface area contributed by atoms with Crippen LogP contribution in [0.1, 0.15) is 51.1 Å². The minimum atomic E-state index is 0.193. The summed E-state index contributed by atoms with van der Waals surface area (Å²) in [5, 5.41) is 21.0. The summed E-state index contributed by atoms with van der Waals surface area (Å²) in [6, 6.07) is 12.1. The van der Waals surface area contributed by atoms with Gasteiger partial charge in [0.05, 0.1) is 17.9 Å². The molecule has 0 unspecified atom stereocenters. The third-order valence-corrected chi connectivity index (χ3v) is 5.60. The van der Waals surface area contributed by atoms with Crippen molar-refractivity contribution < 1.29 is 5.11 Å². The highest BCUT2D eigenvalue weighted by atomic mass is 16.3. The van der Waals surface area contributed by atoms with Gasteiger partial charge in [0.2, 0.25) is 0 Å². The average molecular weight is 384 g/mol. The second-order valence-corrected chi connectivity index (χ2v) is 7.67. The zero-order valence-corrected chi connectivity index (χ0v) is 16.9. The van der Waals surface area contributed by atoms with Crippen LogP contribution < -0.4 is 10.6 Å². The van der Waals surface area contributed by atoms with Gasteiger partial charge in [-0.15, -0.1) is 0 Å². The van der Waals surface area contributed by atoms with E-state index in [1.165, 1.54) is 32.1 Å². The summed E-state index contributed by atoms with van der Waals surface area (Å²) in [5.41, 5.74) is 2.17. The number of hydrogen-bond acceptors (Lipinski definition) is 3. The predicted molar refractivity (Wildman–Crippen MR) is 114 cm³/mol. The molecule has 1 aliphatic rings. The van der Waals surface area contributed by atoms with Gasteiger partial charge in [0.1, 0.15) is 0 Å². The molecule has 0 amide bonds. The highest BCUT2D eigenvalue weighted by Gasteiger charge is 2.31. The van der Waals surface area contributed by atoms with Gasteiger partial charge in [0.25, 0.3) is 0 Å². The lowest BCUT2D eigenvalue weighted by atomic mass is 9.72. The molecule has 1 fully saturated rings. The molecule has 6 nitrogen and oxygen atoms in total. The Morgan fingerprint density at radius 1 is 1.14 bits per heavy atom. The van der Waals surface area contributed by atoms with Crippen LogP contribution in [-0.2, 0) is 6.54 Å². The quantitative estimate of drug-likeness (QED) is 0.483. The third kappa shape index (κ3) is 5.58. The van der Waals surface area contributed by atoms with Crippen LogP contribution in [0.5, 0.6) is 0 Å². The standard InChI is InChI=1S/C22H33N5O/c1-2-23-21(25-18-22(14-16-28)12-7-4-8-13-22)24-17-19-11-15-27(26-19)20-9-5-3-6-10-20/h3,5-6,9-11,15,28H,2,4,7-8,12-14,16-18H2,1H3,(H2,23,24,25). The van der Waals surface area contributed by atoms with Gasteiger partial charge in [0.15, 0.2) is 5.96 Å². The Labute approximate surface area is 168 Å². The smallest absolute Gasteiger partial charge is 0.191 e. The molecule has 0 bridgehead atoms. The topological polar surface area (TPSA) is 74.5 Å². The highest BCUT2D eigenvalue weighted by Crippen LogP contribution is 2.38.